The Hall–Kier alpha value is -1.64. The lowest BCUT2D eigenvalue weighted by atomic mass is 9.95. The Labute approximate surface area is 140 Å². The normalized spacial score (nSPS) is 11.9. The zero-order chi connectivity index (χ0) is 16.9. The van der Waals surface area contributed by atoms with Crippen LogP contribution in [0.15, 0.2) is 30.3 Å². The van der Waals surface area contributed by atoms with E-state index in [-0.39, 0.29) is 11.7 Å². The topological polar surface area (TPSA) is 46.2 Å². The Bertz CT molecular complexity index is 456. The van der Waals surface area contributed by atoms with Crippen LogP contribution in [0.5, 0.6) is 0 Å². The fraction of sp³-hybridized carbons (Fsp3) is 0.600. The predicted octanol–water partition coefficient (Wildman–Crippen LogP) is 5.36. The summed E-state index contributed by atoms with van der Waals surface area (Å²) in [7, 11) is 0. The Balaban J connectivity index is 2.26. The van der Waals surface area contributed by atoms with Crippen molar-refractivity contribution in [3.05, 3.63) is 30.3 Å². The van der Waals surface area contributed by atoms with E-state index >= 15 is 0 Å². The lowest BCUT2D eigenvalue weighted by Crippen LogP contribution is -2.28. The molecule has 0 saturated carbocycles. The number of hydrogen-bond donors (Lipinski definition) is 1. The van der Waals surface area contributed by atoms with Crippen LogP contribution in [0.2, 0.25) is 0 Å². The van der Waals surface area contributed by atoms with Crippen molar-refractivity contribution >= 4 is 17.4 Å². The Morgan fingerprint density at radius 2 is 1.48 bits per heavy atom. The Morgan fingerprint density at radius 3 is 2.04 bits per heavy atom. The maximum atomic E-state index is 12.3. The molecule has 0 radical (unpaired) electrons. The summed E-state index contributed by atoms with van der Waals surface area (Å²) in [5.74, 6) is -0.733. The van der Waals surface area contributed by atoms with Crippen molar-refractivity contribution in [2.45, 2.75) is 71.6 Å². The first-order chi connectivity index (χ1) is 11.1. The maximum Gasteiger partial charge on any atom is 0.234 e. The van der Waals surface area contributed by atoms with E-state index in [1.54, 1.807) is 0 Å². The van der Waals surface area contributed by atoms with E-state index in [9.17, 15) is 9.59 Å². The molecular weight excluding hydrogens is 286 g/mol. The van der Waals surface area contributed by atoms with E-state index in [0.29, 0.717) is 6.42 Å². The van der Waals surface area contributed by atoms with Gasteiger partial charge in [0.05, 0.1) is 5.92 Å². The summed E-state index contributed by atoms with van der Waals surface area (Å²) in [6.45, 7) is 3.74. The van der Waals surface area contributed by atoms with Crippen molar-refractivity contribution in [1.29, 1.82) is 0 Å². The molecule has 1 amide bonds. The summed E-state index contributed by atoms with van der Waals surface area (Å²) in [6, 6.07) is 9.32. The molecule has 3 heteroatoms. The highest BCUT2D eigenvalue weighted by Gasteiger charge is 2.22. The van der Waals surface area contributed by atoms with Gasteiger partial charge in [-0.2, -0.15) is 0 Å². The first-order valence-electron chi connectivity index (χ1n) is 9.01. The second-order valence-corrected chi connectivity index (χ2v) is 6.28. The van der Waals surface area contributed by atoms with Crippen LogP contribution in [-0.4, -0.2) is 11.7 Å². The van der Waals surface area contributed by atoms with Gasteiger partial charge in [0.1, 0.15) is 5.78 Å². The van der Waals surface area contributed by atoms with Gasteiger partial charge in [-0.05, 0) is 25.5 Å². The van der Waals surface area contributed by atoms with E-state index in [1.165, 1.54) is 45.4 Å². The number of nitrogens with one attached hydrogen (secondary N) is 1. The quantitative estimate of drug-likeness (QED) is 0.416. The van der Waals surface area contributed by atoms with E-state index in [0.717, 1.165) is 18.5 Å². The first kappa shape index (κ1) is 19.4. The standard InChI is InChI=1S/C20H31NO2/c1-3-4-5-6-7-8-9-13-16-19(17(2)22)20(23)21-18-14-11-10-12-15-18/h10-12,14-15,19H,3-9,13,16H2,1-2H3,(H,21,23). The van der Waals surface area contributed by atoms with Gasteiger partial charge in [-0.1, -0.05) is 76.5 Å². The molecule has 0 spiro atoms. The van der Waals surface area contributed by atoms with Crippen molar-refractivity contribution in [1.82, 2.24) is 0 Å². The number of Topliss-reactive ketones (excluding diaryl/α,β-unsaturated/α-hetero) is 1. The fourth-order valence-corrected chi connectivity index (χ4v) is 2.75. The highest BCUT2D eigenvalue weighted by atomic mass is 16.2. The molecule has 0 aromatic heterocycles. The van der Waals surface area contributed by atoms with Crippen LogP contribution in [0, 0.1) is 5.92 Å². The van der Waals surface area contributed by atoms with Gasteiger partial charge in [0.2, 0.25) is 5.91 Å². The van der Waals surface area contributed by atoms with Crippen molar-refractivity contribution in [3.8, 4) is 0 Å². The molecule has 1 aromatic carbocycles. The summed E-state index contributed by atoms with van der Waals surface area (Å²) in [6.07, 6.45) is 10.4. The molecule has 1 unspecified atom stereocenters. The van der Waals surface area contributed by atoms with Gasteiger partial charge >= 0.3 is 0 Å². The van der Waals surface area contributed by atoms with Gasteiger partial charge in [0.15, 0.2) is 0 Å². The van der Waals surface area contributed by atoms with Crippen molar-refractivity contribution in [2.24, 2.45) is 5.92 Å². The van der Waals surface area contributed by atoms with Gasteiger partial charge in [0.25, 0.3) is 0 Å². The van der Waals surface area contributed by atoms with Gasteiger partial charge < -0.3 is 5.32 Å². The number of anilines is 1. The minimum Gasteiger partial charge on any atom is -0.325 e. The molecule has 1 rings (SSSR count). The van der Waals surface area contributed by atoms with E-state index in [2.05, 4.69) is 12.2 Å². The number of carbonyl (C=O) groups excluding carboxylic acids is 2. The third kappa shape index (κ3) is 8.53. The molecule has 23 heavy (non-hydrogen) atoms. The monoisotopic (exact) mass is 317 g/mol. The second-order valence-electron chi connectivity index (χ2n) is 6.28. The molecule has 0 aliphatic carbocycles. The molecule has 0 bridgehead atoms. The van der Waals surface area contributed by atoms with E-state index in [4.69, 9.17) is 0 Å². The smallest absolute Gasteiger partial charge is 0.234 e. The molecule has 3 nitrogen and oxygen atoms in total. The van der Waals surface area contributed by atoms with Crippen molar-refractivity contribution < 1.29 is 9.59 Å². The number of hydrogen-bond acceptors (Lipinski definition) is 2. The second kappa shape index (κ2) is 11.9. The summed E-state index contributed by atoms with van der Waals surface area (Å²) >= 11 is 0. The number of ketones is 1. The summed E-state index contributed by atoms with van der Waals surface area (Å²) < 4.78 is 0. The van der Waals surface area contributed by atoms with Crippen LogP contribution >= 0.6 is 0 Å². The van der Waals surface area contributed by atoms with Crippen LogP contribution < -0.4 is 5.32 Å². The average Bonchev–Trinajstić information content (AvgIpc) is 2.54. The molecule has 0 aliphatic heterocycles. The molecule has 0 aliphatic rings. The van der Waals surface area contributed by atoms with Crippen LogP contribution in [0.1, 0.15) is 71.6 Å². The minimum atomic E-state index is -0.518. The summed E-state index contributed by atoms with van der Waals surface area (Å²) in [5.41, 5.74) is 0.750. The molecule has 1 N–H and O–H groups in total. The zero-order valence-corrected chi connectivity index (χ0v) is 14.6. The summed E-state index contributed by atoms with van der Waals surface area (Å²) in [5, 5.41) is 2.84. The fourth-order valence-electron chi connectivity index (χ4n) is 2.75. The number of para-hydroxylation sites is 1. The number of amides is 1. The molecule has 128 valence electrons. The van der Waals surface area contributed by atoms with Crippen LogP contribution in [0.3, 0.4) is 0 Å². The number of unbranched alkanes of at least 4 members (excludes halogenated alkanes) is 7. The first-order valence-corrected chi connectivity index (χ1v) is 9.01. The molecular formula is C20H31NO2. The largest absolute Gasteiger partial charge is 0.325 e. The van der Waals surface area contributed by atoms with Gasteiger partial charge in [-0.3, -0.25) is 9.59 Å². The number of benzene rings is 1. The average molecular weight is 317 g/mol. The maximum absolute atomic E-state index is 12.3. The van der Waals surface area contributed by atoms with Gasteiger partial charge in [-0.25, -0.2) is 0 Å². The highest BCUT2D eigenvalue weighted by molar-refractivity contribution is 6.06. The van der Waals surface area contributed by atoms with Crippen molar-refractivity contribution in [2.75, 3.05) is 5.32 Å². The van der Waals surface area contributed by atoms with E-state index < -0.39 is 5.92 Å². The molecule has 0 saturated heterocycles. The van der Waals surface area contributed by atoms with Gasteiger partial charge in [-0.15, -0.1) is 0 Å². The molecule has 1 atom stereocenters. The highest BCUT2D eigenvalue weighted by Crippen LogP contribution is 2.16. The predicted molar refractivity (Wildman–Crippen MR) is 96.5 cm³/mol. The van der Waals surface area contributed by atoms with Crippen molar-refractivity contribution in [3.63, 3.8) is 0 Å². The lowest BCUT2D eigenvalue weighted by Gasteiger charge is -2.14. The Kier molecular flexibility index (Phi) is 10.0. The lowest BCUT2D eigenvalue weighted by molar-refractivity contribution is -0.130. The number of carbonyl (C=O) groups is 2. The van der Waals surface area contributed by atoms with Crippen LogP contribution in [-0.2, 0) is 9.59 Å². The molecule has 0 heterocycles. The van der Waals surface area contributed by atoms with Crippen LogP contribution in [0.25, 0.3) is 0 Å². The zero-order valence-electron chi connectivity index (χ0n) is 14.6. The Morgan fingerprint density at radius 1 is 0.913 bits per heavy atom. The van der Waals surface area contributed by atoms with Gasteiger partial charge in [0, 0.05) is 5.69 Å². The molecule has 0 fully saturated rings. The number of rotatable bonds is 12. The third-order valence-corrected chi connectivity index (χ3v) is 4.19. The summed E-state index contributed by atoms with van der Waals surface area (Å²) in [4.78, 5) is 24.0. The SMILES string of the molecule is CCCCCCCCCCC(C(C)=O)C(=O)Nc1ccccc1. The van der Waals surface area contributed by atoms with Crippen LogP contribution in [0.4, 0.5) is 5.69 Å². The molecule has 1 aromatic rings. The minimum absolute atomic E-state index is 0.0404. The van der Waals surface area contributed by atoms with E-state index in [1.807, 2.05) is 30.3 Å². The third-order valence-electron chi connectivity index (χ3n) is 4.19.